The number of halogens is 3. The average Bonchev–Trinajstić information content (AvgIpc) is 2.04. The van der Waals surface area contributed by atoms with Gasteiger partial charge in [0.2, 0.25) is 0 Å². The number of alkyl halides is 3. The number of aliphatic carboxylic acids is 1. The molecule has 0 bridgehead atoms. The van der Waals surface area contributed by atoms with E-state index in [1.807, 2.05) is 30.3 Å². The molecule has 0 heterocycles. The quantitative estimate of drug-likeness (QED) is 0.665. The molecule has 0 fully saturated rings. The van der Waals surface area contributed by atoms with Crippen LogP contribution in [-0.4, -0.2) is 17.3 Å². The topological polar surface area (TPSA) is 37.3 Å². The van der Waals surface area contributed by atoms with Crippen molar-refractivity contribution in [2.75, 3.05) is 0 Å². The normalized spacial score (nSPS) is 10.0. The van der Waals surface area contributed by atoms with Crippen molar-refractivity contribution in [1.29, 1.82) is 0 Å². The zero-order valence-corrected chi connectivity index (χ0v) is 7.72. The molecule has 1 rings (SSSR count). The highest BCUT2D eigenvalue weighted by atomic mass is 32.1. The molecule has 0 saturated heterocycles. The molecule has 0 atom stereocenters. The third-order valence-corrected chi connectivity index (χ3v) is 1.30. The molecule has 14 heavy (non-hydrogen) atoms. The minimum Gasteiger partial charge on any atom is -0.475 e. The zero-order valence-electron chi connectivity index (χ0n) is 6.82. The van der Waals surface area contributed by atoms with Gasteiger partial charge in [0, 0.05) is 4.90 Å². The minimum absolute atomic E-state index is 1.02. The first kappa shape index (κ1) is 12.8. The third-order valence-electron chi connectivity index (χ3n) is 0.999. The lowest BCUT2D eigenvalue weighted by atomic mass is 10.4. The van der Waals surface area contributed by atoms with E-state index in [1.54, 1.807) is 0 Å². The van der Waals surface area contributed by atoms with Crippen molar-refractivity contribution in [3.63, 3.8) is 0 Å². The lowest BCUT2D eigenvalue weighted by Gasteiger charge is -1.93. The predicted molar refractivity (Wildman–Crippen MR) is 47.4 cm³/mol. The maximum absolute atomic E-state index is 10.6. The van der Waals surface area contributed by atoms with Crippen LogP contribution in [0.25, 0.3) is 0 Å². The summed E-state index contributed by atoms with van der Waals surface area (Å²) in [6, 6.07) is 9.79. The lowest BCUT2D eigenvalue weighted by Crippen LogP contribution is -2.21. The van der Waals surface area contributed by atoms with Crippen LogP contribution in [0.3, 0.4) is 0 Å². The Hall–Kier alpha value is -1.17. The molecule has 1 aromatic rings. The summed E-state index contributed by atoms with van der Waals surface area (Å²) in [7, 11) is 0. The summed E-state index contributed by atoms with van der Waals surface area (Å²) in [4.78, 5) is 9.91. The molecular weight excluding hydrogens is 217 g/mol. The van der Waals surface area contributed by atoms with Crippen molar-refractivity contribution in [3.05, 3.63) is 30.3 Å². The summed E-state index contributed by atoms with van der Waals surface area (Å²) in [6.45, 7) is 0. The smallest absolute Gasteiger partial charge is 0.475 e. The SMILES string of the molecule is O=C(O)C(F)(F)F.Sc1ccccc1. The molecule has 0 saturated carbocycles. The molecule has 0 amide bonds. The van der Waals surface area contributed by atoms with Gasteiger partial charge in [0.1, 0.15) is 0 Å². The largest absolute Gasteiger partial charge is 0.490 e. The Morgan fingerprint density at radius 3 is 1.71 bits per heavy atom. The van der Waals surface area contributed by atoms with Crippen molar-refractivity contribution in [2.45, 2.75) is 11.1 Å². The minimum atomic E-state index is -5.08. The second kappa shape index (κ2) is 5.54. The van der Waals surface area contributed by atoms with Crippen LogP contribution in [0.2, 0.25) is 0 Å². The Morgan fingerprint density at radius 2 is 1.57 bits per heavy atom. The van der Waals surface area contributed by atoms with Crippen LogP contribution in [0.4, 0.5) is 13.2 Å². The molecule has 0 radical (unpaired) electrons. The van der Waals surface area contributed by atoms with Gasteiger partial charge in [0.05, 0.1) is 0 Å². The van der Waals surface area contributed by atoms with Crippen molar-refractivity contribution in [3.8, 4) is 0 Å². The zero-order chi connectivity index (χ0) is 11.2. The predicted octanol–water partition coefficient (Wildman–Crippen LogP) is 2.61. The average molecular weight is 224 g/mol. The van der Waals surface area contributed by atoms with Gasteiger partial charge < -0.3 is 5.11 Å². The van der Waals surface area contributed by atoms with Gasteiger partial charge in [-0.05, 0) is 12.1 Å². The first-order valence-corrected chi connectivity index (χ1v) is 3.83. The third kappa shape index (κ3) is 6.36. The van der Waals surface area contributed by atoms with Crippen LogP contribution in [0.5, 0.6) is 0 Å². The molecule has 0 aliphatic carbocycles. The van der Waals surface area contributed by atoms with Gasteiger partial charge in [-0.1, -0.05) is 18.2 Å². The highest BCUT2D eigenvalue weighted by molar-refractivity contribution is 7.80. The van der Waals surface area contributed by atoms with E-state index in [-0.39, 0.29) is 0 Å². The van der Waals surface area contributed by atoms with Gasteiger partial charge in [-0.2, -0.15) is 13.2 Å². The number of benzene rings is 1. The van der Waals surface area contributed by atoms with Crippen LogP contribution in [0, 0.1) is 0 Å². The van der Waals surface area contributed by atoms with Gasteiger partial charge in [0.25, 0.3) is 0 Å². The van der Waals surface area contributed by atoms with E-state index >= 15 is 0 Å². The second-order valence-corrected chi connectivity index (χ2v) is 2.65. The standard InChI is InChI=1S/C6H6S.C2HF3O2/c7-6-4-2-1-3-5-6;3-2(4,5)1(6)7/h1-5,7H;(H,6,7). The van der Waals surface area contributed by atoms with Gasteiger partial charge in [0.15, 0.2) is 0 Å². The fraction of sp³-hybridized carbons (Fsp3) is 0.125. The van der Waals surface area contributed by atoms with Crippen LogP contribution >= 0.6 is 12.6 Å². The highest BCUT2D eigenvalue weighted by Gasteiger charge is 2.38. The van der Waals surface area contributed by atoms with Gasteiger partial charge in [-0.15, -0.1) is 12.6 Å². The first-order chi connectivity index (χ1) is 6.34. The number of rotatable bonds is 0. The Bertz CT molecular complexity index is 284. The van der Waals surface area contributed by atoms with Crippen LogP contribution in [0.1, 0.15) is 0 Å². The molecule has 1 N–H and O–H groups in total. The van der Waals surface area contributed by atoms with Crippen molar-refractivity contribution in [1.82, 2.24) is 0 Å². The molecule has 6 heteroatoms. The molecule has 0 spiro atoms. The number of hydrogen-bond donors (Lipinski definition) is 2. The first-order valence-electron chi connectivity index (χ1n) is 3.38. The number of carboxylic acids is 1. The Labute approximate surface area is 83.8 Å². The lowest BCUT2D eigenvalue weighted by molar-refractivity contribution is -0.192. The van der Waals surface area contributed by atoms with E-state index in [9.17, 15) is 13.2 Å². The summed E-state index contributed by atoms with van der Waals surface area (Å²) in [5, 5.41) is 7.12. The summed E-state index contributed by atoms with van der Waals surface area (Å²) >= 11 is 4.08. The van der Waals surface area contributed by atoms with Crippen LogP contribution < -0.4 is 0 Å². The van der Waals surface area contributed by atoms with E-state index in [0.29, 0.717) is 0 Å². The fourth-order valence-electron chi connectivity index (χ4n) is 0.428. The fourth-order valence-corrected chi connectivity index (χ4v) is 0.600. The Morgan fingerprint density at radius 1 is 1.21 bits per heavy atom. The monoisotopic (exact) mass is 224 g/mol. The number of hydrogen-bond acceptors (Lipinski definition) is 2. The maximum atomic E-state index is 10.6. The highest BCUT2D eigenvalue weighted by Crippen LogP contribution is 2.13. The number of carboxylic acid groups (broad SMARTS) is 1. The van der Waals surface area contributed by atoms with Gasteiger partial charge in [-0.3, -0.25) is 0 Å². The molecule has 78 valence electrons. The summed E-state index contributed by atoms with van der Waals surface area (Å²) in [5.41, 5.74) is 0. The van der Waals surface area contributed by atoms with Crippen molar-refractivity contribution >= 4 is 18.6 Å². The molecular formula is C8H7F3O2S. The molecule has 2 nitrogen and oxygen atoms in total. The Balaban J connectivity index is 0.000000241. The van der Waals surface area contributed by atoms with E-state index in [0.717, 1.165) is 4.90 Å². The number of thiol groups is 1. The Kier molecular flexibility index (Phi) is 5.07. The van der Waals surface area contributed by atoms with Gasteiger partial charge in [-0.25, -0.2) is 4.79 Å². The molecule has 0 aliphatic heterocycles. The molecule has 0 aliphatic rings. The summed E-state index contributed by atoms with van der Waals surface area (Å²) in [6.07, 6.45) is -5.08. The van der Waals surface area contributed by atoms with E-state index in [1.165, 1.54) is 0 Å². The summed E-state index contributed by atoms with van der Waals surface area (Å²) in [5.74, 6) is -2.76. The molecule has 1 aromatic carbocycles. The summed E-state index contributed by atoms with van der Waals surface area (Å²) < 4.78 is 31.7. The van der Waals surface area contributed by atoms with E-state index < -0.39 is 12.1 Å². The van der Waals surface area contributed by atoms with Crippen molar-refractivity contribution in [2.24, 2.45) is 0 Å². The second-order valence-electron chi connectivity index (χ2n) is 2.14. The maximum Gasteiger partial charge on any atom is 0.490 e. The van der Waals surface area contributed by atoms with E-state index in [2.05, 4.69) is 12.6 Å². The molecule has 0 unspecified atom stereocenters. The van der Waals surface area contributed by atoms with Gasteiger partial charge >= 0.3 is 12.1 Å². The number of carbonyl (C=O) groups is 1. The van der Waals surface area contributed by atoms with Crippen LogP contribution in [-0.2, 0) is 4.79 Å². The van der Waals surface area contributed by atoms with Crippen molar-refractivity contribution < 1.29 is 23.1 Å². The van der Waals surface area contributed by atoms with Crippen LogP contribution in [0.15, 0.2) is 35.2 Å². The van der Waals surface area contributed by atoms with E-state index in [4.69, 9.17) is 9.90 Å². The molecule has 0 aromatic heterocycles.